The van der Waals surface area contributed by atoms with Gasteiger partial charge in [0, 0.05) is 0 Å². The summed E-state index contributed by atoms with van der Waals surface area (Å²) in [5.74, 6) is 0.279. The second kappa shape index (κ2) is 3.78. The van der Waals surface area contributed by atoms with Gasteiger partial charge in [-0.15, -0.1) is 0 Å². The van der Waals surface area contributed by atoms with E-state index in [-0.39, 0.29) is 18.3 Å². The number of benzene rings is 1. The number of hydrogen-bond donors (Lipinski definition) is 3. The Hall–Kier alpha value is -1.75. The first-order chi connectivity index (χ1) is 7.22. The summed E-state index contributed by atoms with van der Waals surface area (Å²) in [7, 11) is 0. The highest BCUT2D eigenvalue weighted by Crippen LogP contribution is 2.38. The van der Waals surface area contributed by atoms with Crippen molar-refractivity contribution in [1.29, 1.82) is 0 Å². The Bertz CT molecular complexity index is 404. The lowest BCUT2D eigenvalue weighted by Crippen LogP contribution is -2.26. The Morgan fingerprint density at radius 3 is 3.07 bits per heavy atom. The van der Waals surface area contributed by atoms with Crippen LogP contribution in [0, 0.1) is 0 Å². The van der Waals surface area contributed by atoms with Gasteiger partial charge in [0.2, 0.25) is 0 Å². The molecule has 0 aromatic heterocycles. The minimum Gasteiger partial charge on any atom is -0.506 e. The number of aromatic hydroxyl groups is 1. The van der Waals surface area contributed by atoms with Crippen LogP contribution in [0.2, 0.25) is 0 Å². The molecule has 0 atom stereocenters. The van der Waals surface area contributed by atoms with Crippen LogP contribution >= 0.6 is 0 Å². The molecular formula is C10H12N2O3. The van der Waals surface area contributed by atoms with Gasteiger partial charge in [-0.05, 0) is 24.6 Å². The monoisotopic (exact) mass is 208 g/mol. The zero-order valence-electron chi connectivity index (χ0n) is 8.12. The molecule has 0 saturated carbocycles. The van der Waals surface area contributed by atoms with Crippen molar-refractivity contribution in [3.05, 3.63) is 17.7 Å². The standard InChI is InChI=1S/C10H12N2O3/c11-4-3-6-1-2-7(13)9-10(6)15-5-8(14)12-9/h1-2,13H,3-5,11H2,(H,12,14). The average molecular weight is 208 g/mol. The summed E-state index contributed by atoms with van der Waals surface area (Å²) < 4.78 is 5.27. The van der Waals surface area contributed by atoms with Crippen molar-refractivity contribution >= 4 is 11.6 Å². The first kappa shape index (κ1) is 9.79. The maximum atomic E-state index is 11.1. The Kier molecular flexibility index (Phi) is 2.47. The molecular weight excluding hydrogens is 196 g/mol. The number of ether oxygens (including phenoxy) is 1. The zero-order chi connectivity index (χ0) is 10.8. The fourth-order valence-corrected chi connectivity index (χ4v) is 1.57. The second-order valence-electron chi connectivity index (χ2n) is 3.32. The van der Waals surface area contributed by atoms with Crippen LogP contribution < -0.4 is 15.8 Å². The van der Waals surface area contributed by atoms with E-state index in [0.717, 1.165) is 5.56 Å². The molecule has 1 aromatic rings. The second-order valence-corrected chi connectivity index (χ2v) is 3.32. The van der Waals surface area contributed by atoms with Crippen molar-refractivity contribution in [3.8, 4) is 11.5 Å². The fourth-order valence-electron chi connectivity index (χ4n) is 1.57. The van der Waals surface area contributed by atoms with Crippen molar-refractivity contribution in [3.63, 3.8) is 0 Å². The van der Waals surface area contributed by atoms with Crippen molar-refractivity contribution in [2.75, 3.05) is 18.5 Å². The number of amides is 1. The highest BCUT2D eigenvalue weighted by Gasteiger charge is 2.21. The van der Waals surface area contributed by atoms with E-state index in [9.17, 15) is 9.90 Å². The van der Waals surface area contributed by atoms with Crippen LogP contribution in [-0.4, -0.2) is 24.2 Å². The normalized spacial score (nSPS) is 14.1. The van der Waals surface area contributed by atoms with E-state index >= 15 is 0 Å². The number of nitrogens with two attached hydrogens (primary N) is 1. The summed E-state index contributed by atoms with van der Waals surface area (Å²) in [6.07, 6.45) is 0.651. The van der Waals surface area contributed by atoms with E-state index < -0.39 is 0 Å². The van der Waals surface area contributed by atoms with Crippen LogP contribution in [0.15, 0.2) is 12.1 Å². The lowest BCUT2D eigenvalue weighted by molar-refractivity contribution is -0.118. The first-order valence-corrected chi connectivity index (χ1v) is 4.70. The van der Waals surface area contributed by atoms with Crippen molar-refractivity contribution in [1.82, 2.24) is 0 Å². The van der Waals surface area contributed by atoms with Gasteiger partial charge in [0.1, 0.15) is 11.4 Å². The highest BCUT2D eigenvalue weighted by atomic mass is 16.5. The van der Waals surface area contributed by atoms with Crippen LogP contribution in [0.25, 0.3) is 0 Å². The molecule has 80 valence electrons. The zero-order valence-corrected chi connectivity index (χ0v) is 8.12. The van der Waals surface area contributed by atoms with Crippen molar-refractivity contribution in [2.24, 2.45) is 5.73 Å². The Labute approximate surface area is 86.8 Å². The molecule has 1 aromatic carbocycles. The van der Waals surface area contributed by atoms with Crippen LogP contribution in [0.5, 0.6) is 11.5 Å². The van der Waals surface area contributed by atoms with Gasteiger partial charge in [-0.1, -0.05) is 6.07 Å². The molecule has 0 spiro atoms. The third kappa shape index (κ3) is 1.73. The topological polar surface area (TPSA) is 84.6 Å². The third-order valence-electron chi connectivity index (χ3n) is 2.24. The Morgan fingerprint density at radius 2 is 2.33 bits per heavy atom. The summed E-state index contributed by atoms with van der Waals surface area (Å²) in [4.78, 5) is 11.1. The summed E-state index contributed by atoms with van der Waals surface area (Å²) in [5, 5.41) is 12.1. The molecule has 0 radical (unpaired) electrons. The van der Waals surface area contributed by atoms with Crippen LogP contribution in [0.1, 0.15) is 5.56 Å². The number of rotatable bonds is 2. The Morgan fingerprint density at radius 1 is 1.53 bits per heavy atom. The molecule has 2 rings (SSSR count). The van der Waals surface area contributed by atoms with Gasteiger partial charge in [0.15, 0.2) is 12.4 Å². The number of anilines is 1. The van der Waals surface area contributed by atoms with Gasteiger partial charge in [-0.3, -0.25) is 4.79 Å². The number of hydrogen-bond acceptors (Lipinski definition) is 4. The lowest BCUT2D eigenvalue weighted by Gasteiger charge is -2.21. The number of nitrogens with one attached hydrogen (secondary N) is 1. The van der Waals surface area contributed by atoms with E-state index in [0.29, 0.717) is 24.4 Å². The Balaban J connectivity index is 2.45. The van der Waals surface area contributed by atoms with E-state index in [1.807, 2.05) is 0 Å². The molecule has 1 aliphatic heterocycles. The van der Waals surface area contributed by atoms with E-state index in [1.54, 1.807) is 6.07 Å². The predicted molar refractivity (Wildman–Crippen MR) is 55.0 cm³/mol. The average Bonchev–Trinajstić information content (AvgIpc) is 2.23. The minimum absolute atomic E-state index is 0.0128. The summed E-state index contributed by atoms with van der Waals surface area (Å²) in [6.45, 7) is 0.475. The van der Waals surface area contributed by atoms with Gasteiger partial charge in [0.05, 0.1) is 0 Å². The predicted octanol–water partition coefficient (Wildman–Crippen LogP) is 0.224. The molecule has 5 heteroatoms. The molecule has 5 nitrogen and oxygen atoms in total. The van der Waals surface area contributed by atoms with E-state index in [2.05, 4.69) is 5.32 Å². The van der Waals surface area contributed by atoms with Crippen molar-refractivity contribution < 1.29 is 14.6 Å². The summed E-state index contributed by atoms with van der Waals surface area (Å²) in [5.41, 5.74) is 6.69. The number of phenolic OH excluding ortho intramolecular Hbond substituents is 1. The molecule has 0 bridgehead atoms. The lowest BCUT2D eigenvalue weighted by atomic mass is 10.1. The summed E-state index contributed by atoms with van der Waals surface area (Å²) in [6, 6.07) is 3.28. The summed E-state index contributed by atoms with van der Waals surface area (Å²) >= 11 is 0. The maximum absolute atomic E-state index is 11.1. The fraction of sp³-hybridized carbons (Fsp3) is 0.300. The molecule has 0 unspecified atom stereocenters. The quantitative estimate of drug-likeness (QED) is 0.607. The molecule has 4 N–H and O–H groups in total. The first-order valence-electron chi connectivity index (χ1n) is 4.70. The van der Waals surface area contributed by atoms with Crippen LogP contribution in [-0.2, 0) is 11.2 Å². The van der Waals surface area contributed by atoms with Gasteiger partial charge in [-0.25, -0.2) is 0 Å². The molecule has 1 amide bonds. The molecule has 0 aliphatic carbocycles. The highest BCUT2D eigenvalue weighted by molar-refractivity contribution is 5.97. The smallest absolute Gasteiger partial charge is 0.262 e. The number of fused-ring (bicyclic) bond motifs is 1. The largest absolute Gasteiger partial charge is 0.506 e. The van der Waals surface area contributed by atoms with E-state index in [1.165, 1.54) is 6.07 Å². The van der Waals surface area contributed by atoms with Gasteiger partial charge in [0.25, 0.3) is 5.91 Å². The van der Waals surface area contributed by atoms with Crippen LogP contribution in [0.3, 0.4) is 0 Å². The number of phenols is 1. The SMILES string of the molecule is NCCc1ccc(O)c2c1OCC(=O)N2. The molecule has 15 heavy (non-hydrogen) atoms. The molecule has 1 aliphatic rings. The maximum Gasteiger partial charge on any atom is 0.262 e. The molecule has 0 saturated heterocycles. The van der Waals surface area contributed by atoms with Gasteiger partial charge < -0.3 is 20.9 Å². The number of carbonyl (C=O) groups excluding carboxylic acids is 1. The third-order valence-corrected chi connectivity index (χ3v) is 2.24. The van der Waals surface area contributed by atoms with E-state index in [4.69, 9.17) is 10.5 Å². The van der Waals surface area contributed by atoms with Gasteiger partial charge in [-0.2, -0.15) is 0 Å². The molecule has 0 fully saturated rings. The van der Waals surface area contributed by atoms with Crippen molar-refractivity contribution in [2.45, 2.75) is 6.42 Å². The van der Waals surface area contributed by atoms with Crippen LogP contribution in [0.4, 0.5) is 5.69 Å². The minimum atomic E-state index is -0.261. The van der Waals surface area contributed by atoms with Gasteiger partial charge >= 0.3 is 0 Å². The number of carbonyl (C=O) groups is 1. The molecule has 1 heterocycles.